The van der Waals surface area contributed by atoms with Crippen molar-refractivity contribution in [2.24, 2.45) is 0 Å². The van der Waals surface area contributed by atoms with Crippen LogP contribution in [0.5, 0.6) is 0 Å². The normalized spacial score (nSPS) is 11.4. The number of allylic oxidation sites excluding steroid dienone is 2. The van der Waals surface area contributed by atoms with Crippen LogP contribution in [0.4, 0.5) is 8.78 Å². The molecule has 3 heteroatoms. The summed E-state index contributed by atoms with van der Waals surface area (Å²) in [5.74, 6) is -0.477. The zero-order valence-corrected chi connectivity index (χ0v) is 12.0. The molecule has 112 valence electrons. The first-order valence-electron chi connectivity index (χ1n) is 6.99. The van der Waals surface area contributed by atoms with Crippen molar-refractivity contribution >= 4 is 17.9 Å². The van der Waals surface area contributed by atoms with Gasteiger partial charge in [-0.05, 0) is 35.4 Å². The van der Waals surface area contributed by atoms with Crippen molar-refractivity contribution < 1.29 is 13.6 Å². The lowest BCUT2D eigenvalue weighted by atomic mass is 10.1. The molecule has 0 atom stereocenters. The van der Waals surface area contributed by atoms with E-state index in [-0.39, 0.29) is 17.4 Å². The van der Waals surface area contributed by atoms with Crippen LogP contribution in [0.3, 0.4) is 0 Å². The maximum atomic E-state index is 12.7. The fourth-order valence-corrected chi connectivity index (χ4v) is 1.88. The van der Waals surface area contributed by atoms with Gasteiger partial charge in [0.25, 0.3) is 0 Å². The smallest absolute Gasteiger partial charge is 0.140 e. The number of hydrogen-bond acceptors (Lipinski definition) is 1. The van der Waals surface area contributed by atoms with E-state index in [1.807, 2.05) is 0 Å². The maximum absolute atomic E-state index is 12.7. The summed E-state index contributed by atoms with van der Waals surface area (Å²) in [6, 6.07) is 12.2. The van der Waals surface area contributed by atoms with Crippen molar-refractivity contribution in [3.63, 3.8) is 0 Å². The summed E-state index contributed by atoms with van der Waals surface area (Å²) in [4.78, 5) is 11.7. The van der Waals surface area contributed by atoms with Gasteiger partial charge in [-0.2, -0.15) is 0 Å². The molecule has 0 radical (unpaired) electrons. The van der Waals surface area contributed by atoms with Crippen molar-refractivity contribution in [2.45, 2.75) is 12.8 Å². The molecule has 2 rings (SSSR count). The molecule has 0 aromatic heterocycles. The Hall–Kier alpha value is -2.55. The summed E-state index contributed by atoms with van der Waals surface area (Å²) in [7, 11) is 0. The Kier molecular flexibility index (Phi) is 5.78. The minimum atomic E-state index is -0.279. The van der Waals surface area contributed by atoms with E-state index in [9.17, 15) is 13.6 Å². The van der Waals surface area contributed by atoms with Gasteiger partial charge in [0.05, 0.1) is 0 Å². The number of benzene rings is 2. The Balaban J connectivity index is 1.78. The Bertz CT molecular complexity index is 608. The lowest BCUT2D eigenvalue weighted by Gasteiger charge is -1.95. The number of halogens is 2. The van der Waals surface area contributed by atoms with Crippen LogP contribution in [-0.4, -0.2) is 5.78 Å². The third-order valence-corrected chi connectivity index (χ3v) is 3.05. The predicted octanol–water partition coefficient (Wildman–Crippen LogP) is 5.04. The SMILES string of the molecule is O=C(CC=Cc1ccc(F)cc1)CC=Cc1ccc(F)cc1. The number of hydrogen-bond donors (Lipinski definition) is 0. The minimum Gasteiger partial charge on any atom is -0.299 e. The topological polar surface area (TPSA) is 17.1 Å². The van der Waals surface area contributed by atoms with Gasteiger partial charge in [-0.25, -0.2) is 8.78 Å². The number of carbonyl (C=O) groups is 1. The largest absolute Gasteiger partial charge is 0.299 e. The van der Waals surface area contributed by atoms with Gasteiger partial charge in [0, 0.05) is 12.8 Å². The Morgan fingerprint density at radius 2 is 1.09 bits per heavy atom. The molecule has 2 aromatic rings. The highest BCUT2D eigenvalue weighted by Crippen LogP contribution is 2.07. The van der Waals surface area contributed by atoms with E-state index in [0.29, 0.717) is 12.8 Å². The van der Waals surface area contributed by atoms with E-state index >= 15 is 0 Å². The zero-order chi connectivity index (χ0) is 15.8. The minimum absolute atomic E-state index is 0.0803. The monoisotopic (exact) mass is 298 g/mol. The van der Waals surface area contributed by atoms with E-state index in [1.165, 1.54) is 24.3 Å². The molecule has 1 nitrogen and oxygen atoms in total. The highest BCUT2D eigenvalue weighted by atomic mass is 19.1. The molecule has 0 heterocycles. The molecular weight excluding hydrogens is 282 g/mol. The quantitative estimate of drug-likeness (QED) is 0.730. The second-order valence-corrected chi connectivity index (χ2v) is 4.85. The predicted molar refractivity (Wildman–Crippen MR) is 85.1 cm³/mol. The van der Waals surface area contributed by atoms with E-state index in [2.05, 4.69) is 0 Å². The van der Waals surface area contributed by atoms with Gasteiger partial charge in [-0.15, -0.1) is 0 Å². The molecule has 0 saturated heterocycles. The van der Waals surface area contributed by atoms with Crippen molar-refractivity contribution in [2.75, 3.05) is 0 Å². The second kappa shape index (κ2) is 8.03. The Morgan fingerprint density at radius 1 is 0.727 bits per heavy atom. The van der Waals surface area contributed by atoms with E-state index in [4.69, 9.17) is 0 Å². The molecule has 0 unspecified atom stereocenters. The van der Waals surface area contributed by atoms with Gasteiger partial charge >= 0.3 is 0 Å². The Morgan fingerprint density at radius 3 is 1.45 bits per heavy atom. The fourth-order valence-electron chi connectivity index (χ4n) is 1.88. The van der Waals surface area contributed by atoms with Crippen LogP contribution in [-0.2, 0) is 4.79 Å². The molecule has 0 aliphatic rings. The summed E-state index contributed by atoms with van der Waals surface area (Å²) in [5, 5.41) is 0. The van der Waals surface area contributed by atoms with Crippen molar-refractivity contribution in [3.8, 4) is 0 Å². The fraction of sp³-hybridized carbons (Fsp3) is 0.105. The van der Waals surface area contributed by atoms with Gasteiger partial charge < -0.3 is 0 Å². The summed E-state index contributed by atoms with van der Waals surface area (Å²) < 4.78 is 25.5. The van der Waals surface area contributed by atoms with Crippen molar-refractivity contribution in [1.82, 2.24) is 0 Å². The first-order valence-corrected chi connectivity index (χ1v) is 6.99. The summed E-state index contributed by atoms with van der Waals surface area (Å²) in [5.41, 5.74) is 1.71. The average Bonchev–Trinajstić information content (AvgIpc) is 2.51. The zero-order valence-electron chi connectivity index (χ0n) is 12.0. The molecule has 0 saturated carbocycles. The van der Waals surface area contributed by atoms with Crippen LogP contribution in [0, 0.1) is 11.6 Å². The molecule has 0 aliphatic carbocycles. The van der Waals surface area contributed by atoms with Crippen LogP contribution in [0.15, 0.2) is 60.7 Å². The average molecular weight is 298 g/mol. The lowest BCUT2D eigenvalue weighted by Crippen LogP contribution is -1.92. The first kappa shape index (κ1) is 15.8. The number of carbonyl (C=O) groups excluding carboxylic acids is 1. The van der Waals surface area contributed by atoms with Gasteiger partial charge in [-0.3, -0.25) is 4.79 Å². The van der Waals surface area contributed by atoms with Crippen LogP contribution < -0.4 is 0 Å². The standard InChI is InChI=1S/C19H16F2O/c20-17-11-7-15(8-12-17)3-1-5-19(22)6-2-4-16-9-13-18(21)14-10-16/h1-4,7-14H,5-6H2. The van der Waals surface area contributed by atoms with Crippen LogP contribution in [0.25, 0.3) is 12.2 Å². The van der Waals surface area contributed by atoms with Crippen molar-refractivity contribution in [3.05, 3.63) is 83.4 Å². The van der Waals surface area contributed by atoms with Crippen LogP contribution in [0.2, 0.25) is 0 Å². The van der Waals surface area contributed by atoms with E-state index in [0.717, 1.165) is 11.1 Å². The molecule has 0 aliphatic heterocycles. The van der Waals surface area contributed by atoms with Crippen molar-refractivity contribution in [1.29, 1.82) is 0 Å². The number of rotatable bonds is 6. The van der Waals surface area contributed by atoms with Gasteiger partial charge in [0.1, 0.15) is 17.4 Å². The number of ketones is 1. The highest BCUT2D eigenvalue weighted by molar-refractivity contribution is 5.82. The number of Topliss-reactive ketones (excluding diaryl/α,β-unsaturated/α-hetero) is 1. The molecule has 0 fully saturated rings. The summed E-state index contributed by atoms with van der Waals surface area (Å²) in [6.45, 7) is 0. The molecule has 0 N–H and O–H groups in total. The summed E-state index contributed by atoms with van der Waals surface area (Å²) >= 11 is 0. The molecule has 22 heavy (non-hydrogen) atoms. The molecule has 2 aromatic carbocycles. The molecule has 0 spiro atoms. The highest BCUT2D eigenvalue weighted by Gasteiger charge is 1.96. The third kappa shape index (κ3) is 5.44. The molecular formula is C19H16F2O. The van der Waals surface area contributed by atoms with E-state index < -0.39 is 0 Å². The van der Waals surface area contributed by atoms with Gasteiger partial charge in [-0.1, -0.05) is 48.6 Å². The second-order valence-electron chi connectivity index (χ2n) is 4.85. The van der Waals surface area contributed by atoms with Crippen LogP contribution >= 0.6 is 0 Å². The lowest BCUT2D eigenvalue weighted by molar-refractivity contribution is -0.117. The first-order chi connectivity index (χ1) is 10.6. The third-order valence-electron chi connectivity index (χ3n) is 3.05. The summed E-state index contributed by atoms with van der Waals surface area (Å²) in [6.07, 6.45) is 7.76. The molecule has 0 bridgehead atoms. The Labute approximate surface area is 128 Å². The van der Waals surface area contributed by atoms with Crippen LogP contribution in [0.1, 0.15) is 24.0 Å². The molecule has 0 amide bonds. The van der Waals surface area contributed by atoms with Gasteiger partial charge in [0.2, 0.25) is 0 Å². The van der Waals surface area contributed by atoms with Gasteiger partial charge in [0.15, 0.2) is 0 Å². The van der Waals surface area contributed by atoms with E-state index in [1.54, 1.807) is 48.6 Å². The maximum Gasteiger partial charge on any atom is 0.140 e.